The summed E-state index contributed by atoms with van der Waals surface area (Å²) in [6, 6.07) is 24.9. The summed E-state index contributed by atoms with van der Waals surface area (Å²) in [5.41, 5.74) is 9.95. The van der Waals surface area contributed by atoms with Gasteiger partial charge < -0.3 is 28.9 Å². The van der Waals surface area contributed by atoms with Gasteiger partial charge in [0.1, 0.15) is 0 Å². The molecular formula is C37H46N6O. The molecule has 3 aromatic carbocycles. The molecule has 0 radical (unpaired) electrons. The third-order valence-electron chi connectivity index (χ3n) is 9.81. The second-order valence-corrected chi connectivity index (χ2v) is 12.5. The summed E-state index contributed by atoms with van der Waals surface area (Å²) in [7, 11) is 4.00. The Bertz CT molecular complexity index is 1740. The number of ether oxygens (including phenoxy) is 1. The van der Waals surface area contributed by atoms with E-state index < -0.39 is 0 Å². The Labute approximate surface area is 261 Å². The number of likely N-dealkylation sites (N-methyl/N-ethyl adjacent to an activating group) is 2. The zero-order chi connectivity index (χ0) is 30.0. The first-order valence-corrected chi connectivity index (χ1v) is 16.5. The fraction of sp³-hybridized carbons (Fsp3) is 0.432. The summed E-state index contributed by atoms with van der Waals surface area (Å²) >= 11 is 0. The van der Waals surface area contributed by atoms with Crippen molar-refractivity contribution in [2.24, 2.45) is 0 Å². The molecule has 0 N–H and O–H groups in total. The normalized spacial score (nSPS) is 16.1. The SMILES string of the molecule is CCN(CCCN1CCCn2c3ccccc3c3nc4cc(-c5ccc(N6CCN(C)CC6)cc5)ccc4c1c32)CCOC. The number of hydrogen-bond acceptors (Lipinski definition) is 6. The largest absolute Gasteiger partial charge is 0.383 e. The summed E-state index contributed by atoms with van der Waals surface area (Å²) < 4.78 is 7.89. The number of nitrogens with zero attached hydrogens (tertiary/aromatic N) is 6. The van der Waals surface area contributed by atoms with Crippen molar-refractivity contribution in [3.63, 3.8) is 0 Å². The van der Waals surface area contributed by atoms with Crippen molar-refractivity contribution in [2.45, 2.75) is 26.3 Å². The summed E-state index contributed by atoms with van der Waals surface area (Å²) in [6.07, 6.45) is 2.25. The van der Waals surface area contributed by atoms with Gasteiger partial charge in [-0.25, -0.2) is 4.98 Å². The molecule has 44 heavy (non-hydrogen) atoms. The average molecular weight is 591 g/mol. The van der Waals surface area contributed by atoms with Gasteiger partial charge in [0.05, 0.1) is 34.4 Å². The number of para-hydroxylation sites is 1. The molecule has 4 heterocycles. The maximum absolute atomic E-state index is 5.40. The summed E-state index contributed by atoms with van der Waals surface area (Å²) in [4.78, 5) is 15.5. The van der Waals surface area contributed by atoms with Crippen LogP contribution < -0.4 is 9.80 Å². The van der Waals surface area contributed by atoms with Gasteiger partial charge in [0.15, 0.2) is 0 Å². The van der Waals surface area contributed by atoms with E-state index in [9.17, 15) is 0 Å². The van der Waals surface area contributed by atoms with Crippen LogP contribution >= 0.6 is 0 Å². The van der Waals surface area contributed by atoms with Crippen molar-refractivity contribution in [3.8, 4) is 11.1 Å². The van der Waals surface area contributed by atoms with Crippen LogP contribution in [-0.2, 0) is 11.3 Å². The van der Waals surface area contributed by atoms with Gasteiger partial charge in [0, 0.05) is 75.9 Å². The first-order chi connectivity index (χ1) is 21.6. The van der Waals surface area contributed by atoms with E-state index in [1.54, 1.807) is 7.11 Å². The number of aromatic nitrogens is 2. The fourth-order valence-corrected chi connectivity index (χ4v) is 7.26. The quantitative estimate of drug-likeness (QED) is 0.189. The van der Waals surface area contributed by atoms with E-state index >= 15 is 0 Å². The zero-order valence-electron chi connectivity index (χ0n) is 26.6. The molecule has 0 spiro atoms. The van der Waals surface area contributed by atoms with Crippen molar-refractivity contribution in [1.82, 2.24) is 19.4 Å². The van der Waals surface area contributed by atoms with Crippen LogP contribution in [0.5, 0.6) is 0 Å². The first-order valence-electron chi connectivity index (χ1n) is 16.5. The highest BCUT2D eigenvalue weighted by Gasteiger charge is 2.25. The molecule has 5 aromatic rings. The van der Waals surface area contributed by atoms with Crippen molar-refractivity contribution in [2.75, 3.05) is 89.5 Å². The molecule has 2 aliphatic heterocycles. The van der Waals surface area contributed by atoms with Gasteiger partial charge in [0.25, 0.3) is 0 Å². The number of pyridine rings is 1. The first kappa shape index (κ1) is 29.1. The fourth-order valence-electron chi connectivity index (χ4n) is 7.26. The van der Waals surface area contributed by atoms with E-state index in [4.69, 9.17) is 9.72 Å². The van der Waals surface area contributed by atoms with Gasteiger partial charge >= 0.3 is 0 Å². The maximum Gasteiger partial charge on any atom is 0.0988 e. The molecule has 2 aliphatic rings. The van der Waals surface area contributed by atoms with E-state index in [-0.39, 0.29) is 0 Å². The molecule has 7 rings (SSSR count). The van der Waals surface area contributed by atoms with Gasteiger partial charge in [0.2, 0.25) is 0 Å². The topological polar surface area (TPSA) is 40.0 Å². The second-order valence-electron chi connectivity index (χ2n) is 12.5. The predicted molar refractivity (Wildman–Crippen MR) is 185 cm³/mol. The van der Waals surface area contributed by atoms with Crippen LogP contribution in [0.4, 0.5) is 11.4 Å². The highest BCUT2D eigenvalue weighted by molar-refractivity contribution is 6.17. The molecule has 0 amide bonds. The Hall–Kier alpha value is -3.65. The molecule has 230 valence electrons. The lowest BCUT2D eigenvalue weighted by Crippen LogP contribution is -2.44. The summed E-state index contributed by atoms with van der Waals surface area (Å²) in [6.45, 7) is 13.7. The summed E-state index contributed by atoms with van der Waals surface area (Å²) in [5.74, 6) is 0. The van der Waals surface area contributed by atoms with Crippen molar-refractivity contribution in [3.05, 3.63) is 66.7 Å². The molecule has 1 saturated heterocycles. The van der Waals surface area contributed by atoms with E-state index in [1.807, 2.05) is 0 Å². The van der Waals surface area contributed by atoms with E-state index in [1.165, 1.54) is 44.3 Å². The molecule has 0 unspecified atom stereocenters. The molecule has 7 nitrogen and oxygen atoms in total. The van der Waals surface area contributed by atoms with Gasteiger partial charge in [-0.15, -0.1) is 0 Å². The van der Waals surface area contributed by atoms with Crippen molar-refractivity contribution >= 4 is 44.2 Å². The smallest absolute Gasteiger partial charge is 0.0988 e. The Morgan fingerprint density at radius 3 is 2.43 bits per heavy atom. The van der Waals surface area contributed by atoms with Crippen LogP contribution in [0.15, 0.2) is 66.7 Å². The van der Waals surface area contributed by atoms with E-state index in [0.717, 1.165) is 95.9 Å². The number of rotatable bonds is 10. The Balaban J connectivity index is 1.26. The zero-order valence-corrected chi connectivity index (χ0v) is 26.6. The number of piperazine rings is 1. The third kappa shape index (κ3) is 5.53. The monoisotopic (exact) mass is 590 g/mol. The highest BCUT2D eigenvalue weighted by atomic mass is 16.5. The molecule has 0 atom stereocenters. The minimum Gasteiger partial charge on any atom is -0.383 e. The molecule has 1 fully saturated rings. The second kappa shape index (κ2) is 12.8. The van der Waals surface area contributed by atoms with Crippen LogP contribution in [0.3, 0.4) is 0 Å². The average Bonchev–Trinajstić information content (AvgIpc) is 3.24. The highest BCUT2D eigenvalue weighted by Crippen LogP contribution is 2.42. The van der Waals surface area contributed by atoms with E-state index in [2.05, 4.69) is 105 Å². The van der Waals surface area contributed by atoms with Crippen molar-refractivity contribution in [1.29, 1.82) is 0 Å². The summed E-state index contributed by atoms with van der Waals surface area (Å²) in [5, 5.41) is 2.51. The number of methoxy groups -OCH3 is 1. The molecule has 0 aliphatic carbocycles. The Morgan fingerprint density at radius 2 is 1.64 bits per heavy atom. The number of aryl methyl sites for hydroxylation is 1. The number of anilines is 2. The molecule has 0 bridgehead atoms. The standard InChI is InChI=1S/C37H46N6O/c1-4-40(25-26-44-3)17-7-18-42-19-8-20-43-34-10-6-5-9-32(34)35-37(43)36(42)31-16-13-29(27-33(31)38-35)28-11-14-30(15-12-28)41-23-21-39(2)22-24-41/h5-6,9-16,27H,4,7-8,17-26H2,1-3H3. The lowest BCUT2D eigenvalue weighted by molar-refractivity contribution is 0.150. The number of benzene rings is 3. The van der Waals surface area contributed by atoms with Gasteiger partial charge in [-0.1, -0.05) is 49.4 Å². The third-order valence-corrected chi connectivity index (χ3v) is 9.81. The van der Waals surface area contributed by atoms with Gasteiger partial charge in [-0.05, 0) is 68.4 Å². The Morgan fingerprint density at radius 1 is 0.841 bits per heavy atom. The van der Waals surface area contributed by atoms with Crippen LogP contribution in [0.25, 0.3) is 44.0 Å². The van der Waals surface area contributed by atoms with Crippen LogP contribution in [0.1, 0.15) is 19.8 Å². The Kier molecular flexibility index (Phi) is 8.43. The minimum absolute atomic E-state index is 0.786. The van der Waals surface area contributed by atoms with Crippen LogP contribution in [0, 0.1) is 0 Å². The van der Waals surface area contributed by atoms with Gasteiger partial charge in [-0.3, -0.25) is 0 Å². The number of hydrogen-bond donors (Lipinski definition) is 0. The maximum atomic E-state index is 5.40. The molecule has 7 heteroatoms. The van der Waals surface area contributed by atoms with Crippen LogP contribution in [0.2, 0.25) is 0 Å². The molecule has 0 saturated carbocycles. The van der Waals surface area contributed by atoms with E-state index in [0.29, 0.717) is 0 Å². The lowest BCUT2D eigenvalue weighted by atomic mass is 10.0. The van der Waals surface area contributed by atoms with Crippen molar-refractivity contribution < 1.29 is 4.74 Å². The van der Waals surface area contributed by atoms with Crippen LogP contribution in [-0.4, -0.2) is 99.0 Å². The molecule has 2 aromatic heterocycles. The molecular weight excluding hydrogens is 544 g/mol. The lowest BCUT2D eigenvalue weighted by Gasteiger charge is -2.34. The predicted octanol–water partition coefficient (Wildman–Crippen LogP) is 6.33. The van der Waals surface area contributed by atoms with Gasteiger partial charge in [-0.2, -0.15) is 0 Å². The number of fused-ring (bicyclic) bond motifs is 5. The minimum atomic E-state index is 0.786.